The first kappa shape index (κ1) is 31.8. The van der Waals surface area contributed by atoms with Gasteiger partial charge in [0.05, 0.1) is 50.3 Å². The summed E-state index contributed by atoms with van der Waals surface area (Å²) in [5.41, 5.74) is 13.0. The number of aryl methyl sites for hydroxylation is 4. The van der Waals surface area contributed by atoms with E-state index in [2.05, 4.69) is 146 Å². The number of hydrogen-bond acceptors (Lipinski definition) is 6. The van der Waals surface area contributed by atoms with Gasteiger partial charge in [0.2, 0.25) is 0 Å². The van der Waals surface area contributed by atoms with Crippen LogP contribution in [0.15, 0.2) is 109 Å². The molecule has 0 radical (unpaired) electrons. The number of benzene rings is 4. The summed E-state index contributed by atoms with van der Waals surface area (Å²) < 4.78 is 16.2. The molecule has 0 aliphatic rings. The molecule has 0 aliphatic carbocycles. The Bertz CT molecular complexity index is 3240. The van der Waals surface area contributed by atoms with Gasteiger partial charge in [-0.1, -0.05) is 59.7 Å². The average molecular weight is 803 g/mol. The molecule has 0 fully saturated rings. The molecule has 2 nitrogen and oxygen atoms in total. The molecular formula is C46H30N2S6. The Hall–Kier alpha value is -4.54. The molecule has 12 aromatic rings. The van der Waals surface area contributed by atoms with Gasteiger partial charge in [-0.25, -0.2) is 0 Å². The zero-order chi connectivity index (χ0) is 36.0. The van der Waals surface area contributed by atoms with Gasteiger partial charge in [-0.15, -0.1) is 68.0 Å². The molecule has 0 atom stereocenters. The van der Waals surface area contributed by atoms with E-state index < -0.39 is 0 Å². The van der Waals surface area contributed by atoms with E-state index in [4.69, 9.17) is 0 Å². The summed E-state index contributed by atoms with van der Waals surface area (Å²) in [5.74, 6) is 0. The Morgan fingerprint density at radius 1 is 0.352 bits per heavy atom. The van der Waals surface area contributed by atoms with E-state index >= 15 is 0 Å². The first-order valence-electron chi connectivity index (χ1n) is 18.0. The van der Waals surface area contributed by atoms with Crippen molar-refractivity contribution in [2.24, 2.45) is 0 Å². The van der Waals surface area contributed by atoms with Crippen molar-refractivity contribution in [2.45, 2.75) is 27.7 Å². The second kappa shape index (κ2) is 11.5. The topological polar surface area (TPSA) is 9.86 Å². The Morgan fingerprint density at radius 3 is 1.11 bits per heavy atom. The van der Waals surface area contributed by atoms with Crippen LogP contribution in [-0.4, -0.2) is 9.13 Å². The van der Waals surface area contributed by atoms with Crippen molar-refractivity contribution in [1.29, 1.82) is 0 Å². The number of aromatic nitrogens is 2. The van der Waals surface area contributed by atoms with Crippen molar-refractivity contribution in [2.75, 3.05) is 0 Å². The molecule has 12 rings (SSSR count). The minimum Gasteiger partial charge on any atom is -0.305 e. The van der Waals surface area contributed by atoms with E-state index in [9.17, 15) is 0 Å². The van der Waals surface area contributed by atoms with Crippen molar-refractivity contribution in [3.63, 3.8) is 0 Å². The normalized spacial score (nSPS) is 12.4. The molecule has 0 saturated carbocycles. The molecule has 260 valence electrons. The standard InChI is InChI=1S/C46H30N2S6/c1-23-5-13-29(14-6-23)47-37-31-17-11-27(33-19-9-25(3)49-33)21-35(31)51-41(37)43-39(47)45-46(53-43)40-44(54-45)42-38(48(40)30-15-7-24(2)8-16-30)32-18-12-28(22-36(32)52-42)34-20-10-26(4)50-34/h5-22H,1-4H3. The van der Waals surface area contributed by atoms with E-state index in [0.717, 1.165) is 0 Å². The maximum absolute atomic E-state index is 2.58. The van der Waals surface area contributed by atoms with Crippen LogP contribution in [0, 0.1) is 27.7 Å². The lowest BCUT2D eigenvalue weighted by molar-refractivity contribution is 1.19. The number of rotatable bonds is 4. The molecule has 0 amide bonds. The molecule has 8 heterocycles. The van der Waals surface area contributed by atoms with Crippen molar-refractivity contribution in [3.8, 4) is 32.3 Å². The first-order valence-corrected chi connectivity index (χ1v) is 22.9. The highest BCUT2D eigenvalue weighted by molar-refractivity contribution is 7.41. The largest absolute Gasteiger partial charge is 0.305 e. The van der Waals surface area contributed by atoms with Gasteiger partial charge in [-0.3, -0.25) is 0 Å². The second-order valence-corrected chi connectivity index (χ2v) is 21.1. The lowest BCUT2D eigenvalue weighted by Gasteiger charge is -2.09. The molecule has 0 N–H and O–H groups in total. The van der Waals surface area contributed by atoms with E-state index in [1.54, 1.807) is 0 Å². The number of fused-ring (bicyclic) bond motifs is 13. The van der Waals surface area contributed by atoms with Crippen molar-refractivity contribution in [1.82, 2.24) is 9.13 Å². The van der Waals surface area contributed by atoms with Gasteiger partial charge in [-0.05, 0) is 99.5 Å². The summed E-state index contributed by atoms with van der Waals surface area (Å²) in [6, 6.07) is 41.4. The molecule has 0 saturated heterocycles. The number of hydrogen-bond donors (Lipinski definition) is 0. The zero-order valence-electron chi connectivity index (χ0n) is 29.7. The fraction of sp³-hybridized carbons (Fsp3) is 0.0870. The Labute approximate surface area is 335 Å². The summed E-state index contributed by atoms with van der Waals surface area (Å²) in [6.45, 7) is 8.74. The maximum atomic E-state index is 2.58. The molecule has 4 aromatic carbocycles. The van der Waals surface area contributed by atoms with E-state index in [1.807, 2.05) is 68.0 Å². The zero-order valence-corrected chi connectivity index (χ0v) is 34.6. The predicted molar refractivity (Wildman–Crippen MR) is 245 cm³/mol. The maximum Gasteiger partial charge on any atom is 0.0838 e. The number of thiophene rings is 6. The highest BCUT2D eigenvalue weighted by Crippen LogP contribution is 2.56. The Balaban J connectivity index is 1.19. The van der Waals surface area contributed by atoms with Crippen LogP contribution in [0.25, 0.3) is 103 Å². The van der Waals surface area contributed by atoms with Crippen LogP contribution in [0.4, 0.5) is 0 Å². The molecule has 8 heteroatoms. The second-order valence-electron chi connectivity index (χ2n) is 14.4. The molecule has 54 heavy (non-hydrogen) atoms. The van der Waals surface area contributed by atoms with Gasteiger partial charge in [0, 0.05) is 51.1 Å². The predicted octanol–water partition coefficient (Wildman–Crippen LogP) is 16.3. The van der Waals surface area contributed by atoms with Gasteiger partial charge in [0.1, 0.15) is 0 Å². The van der Waals surface area contributed by atoms with Crippen LogP contribution in [-0.2, 0) is 0 Å². The highest BCUT2D eigenvalue weighted by Gasteiger charge is 2.28. The van der Waals surface area contributed by atoms with Crippen LogP contribution in [0.2, 0.25) is 0 Å². The van der Waals surface area contributed by atoms with E-state index in [0.29, 0.717) is 0 Å². The molecule has 0 aliphatic heterocycles. The van der Waals surface area contributed by atoms with Crippen LogP contribution in [0.3, 0.4) is 0 Å². The third-order valence-electron chi connectivity index (χ3n) is 10.7. The molecule has 0 spiro atoms. The SMILES string of the molecule is Cc1ccc(-n2c3c4ccc(-c5ccc(C)s5)cc4sc3c3sc4c(sc5c6sc7cc(-c8ccc(C)s8)ccc7c6n(-c6ccc(C)cc6)c54)c32)cc1. The van der Waals surface area contributed by atoms with Gasteiger partial charge < -0.3 is 9.13 Å². The first-order chi connectivity index (χ1) is 26.4. The minimum absolute atomic E-state index is 1.22. The minimum atomic E-state index is 1.22. The smallest absolute Gasteiger partial charge is 0.0838 e. The monoisotopic (exact) mass is 802 g/mol. The summed E-state index contributed by atoms with van der Waals surface area (Å²) in [4.78, 5) is 5.36. The summed E-state index contributed by atoms with van der Waals surface area (Å²) in [6.07, 6.45) is 0. The van der Waals surface area contributed by atoms with Crippen LogP contribution in [0.1, 0.15) is 20.9 Å². The average Bonchev–Trinajstić information content (AvgIpc) is 4.03. The van der Waals surface area contributed by atoms with Crippen LogP contribution < -0.4 is 0 Å². The van der Waals surface area contributed by atoms with E-state index in [-0.39, 0.29) is 0 Å². The Kier molecular flexibility index (Phi) is 6.76. The highest BCUT2D eigenvalue weighted by atomic mass is 32.1. The fourth-order valence-electron chi connectivity index (χ4n) is 8.16. The van der Waals surface area contributed by atoms with Crippen LogP contribution in [0.5, 0.6) is 0 Å². The summed E-state index contributed by atoms with van der Waals surface area (Å²) >= 11 is 11.6. The molecule has 0 bridgehead atoms. The fourth-order valence-corrected chi connectivity index (χ4v) is 15.4. The summed E-state index contributed by atoms with van der Waals surface area (Å²) in [5, 5.41) is 2.66. The molecular weight excluding hydrogens is 773 g/mol. The lowest BCUT2D eigenvalue weighted by Crippen LogP contribution is -1.94. The van der Waals surface area contributed by atoms with Crippen molar-refractivity contribution >= 4 is 138 Å². The Morgan fingerprint density at radius 2 is 0.741 bits per heavy atom. The van der Waals surface area contributed by atoms with Gasteiger partial charge >= 0.3 is 0 Å². The number of nitrogens with zero attached hydrogens (tertiary/aromatic N) is 2. The van der Waals surface area contributed by atoms with Crippen LogP contribution >= 0.6 is 68.0 Å². The van der Waals surface area contributed by atoms with Gasteiger partial charge in [-0.2, -0.15) is 0 Å². The van der Waals surface area contributed by atoms with E-state index in [1.165, 1.54) is 124 Å². The molecule has 0 unspecified atom stereocenters. The lowest BCUT2D eigenvalue weighted by atomic mass is 10.1. The van der Waals surface area contributed by atoms with Crippen molar-refractivity contribution in [3.05, 3.63) is 130 Å². The third-order valence-corrected chi connectivity index (χ3v) is 18.0. The quantitative estimate of drug-likeness (QED) is 0.168. The van der Waals surface area contributed by atoms with Gasteiger partial charge in [0.15, 0.2) is 0 Å². The third kappa shape index (κ3) is 4.47. The summed E-state index contributed by atoms with van der Waals surface area (Å²) in [7, 11) is 0. The van der Waals surface area contributed by atoms with Gasteiger partial charge in [0.25, 0.3) is 0 Å². The van der Waals surface area contributed by atoms with Crippen molar-refractivity contribution < 1.29 is 0 Å². The molecule has 8 aromatic heterocycles.